The molecule has 0 amide bonds. The van der Waals surface area contributed by atoms with Crippen molar-refractivity contribution in [3.05, 3.63) is 29.2 Å². The highest BCUT2D eigenvalue weighted by Crippen LogP contribution is 2.30. The van der Waals surface area contributed by atoms with E-state index in [0.29, 0.717) is 6.42 Å². The van der Waals surface area contributed by atoms with Crippen LogP contribution in [0.1, 0.15) is 23.4 Å². The second-order valence-corrected chi connectivity index (χ2v) is 5.79. The Morgan fingerprint density at radius 2 is 2.09 bits per heavy atom. The highest BCUT2D eigenvalue weighted by Gasteiger charge is 2.34. The minimum atomic E-state index is -4.51. The Bertz CT molecular complexity index is 694. The molecule has 2 N–H and O–H groups in total. The van der Waals surface area contributed by atoms with Gasteiger partial charge in [-0.2, -0.15) is 23.3 Å². The largest absolute Gasteiger partial charge is 0.433 e. The van der Waals surface area contributed by atoms with Crippen molar-refractivity contribution in [2.45, 2.75) is 31.5 Å². The van der Waals surface area contributed by atoms with E-state index in [0.717, 1.165) is 30.2 Å². The van der Waals surface area contributed by atoms with Crippen LogP contribution in [0.3, 0.4) is 0 Å². The smallest absolute Gasteiger partial charge is 0.363 e. The number of halogens is 3. The molecule has 0 bridgehead atoms. The molecule has 0 radical (unpaired) electrons. The minimum Gasteiger partial charge on any atom is -0.363 e. The van der Waals surface area contributed by atoms with Crippen LogP contribution in [-0.2, 0) is 19.0 Å². The number of hydrogen-bond acceptors (Lipinski definition) is 5. The van der Waals surface area contributed by atoms with Crippen molar-refractivity contribution < 1.29 is 13.2 Å². The highest BCUT2D eigenvalue weighted by molar-refractivity contribution is 5.45. The number of rotatable bonds is 3. The average Bonchev–Trinajstić information content (AvgIpc) is 2.93. The van der Waals surface area contributed by atoms with Gasteiger partial charge in [0.2, 0.25) is 5.95 Å². The molecule has 2 aromatic heterocycles. The fourth-order valence-electron chi connectivity index (χ4n) is 2.60. The maximum Gasteiger partial charge on any atom is 0.433 e. The van der Waals surface area contributed by atoms with Crippen molar-refractivity contribution in [3.63, 3.8) is 0 Å². The first-order valence-electron chi connectivity index (χ1n) is 7.24. The van der Waals surface area contributed by atoms with Crippen molar-refractivity contribution in [1.29, 1.82) is 0 Å². The topological polar surface area (TPSA) is 69.7 Å². The van der Waals surface area contributed by atoms with Crippen molar-refractivity contribution in [2.75, 3.05) is 24.3 Å². The number of aryl methyl sites for hydroxylation is 1. The van der Waals surface area contributed by atoms with E-state index < -0.39 is 11.9 Å². The Hall–Kier alpha value is -2.32. The fourth-order valence-corrected chi connectivity index (χ4v) is 2.60. The molecule has 0 saturated carbocycles. The molecule has 3 rings (SSSR count). The number of nitrogens with zero attached hydrogens (tertiary/aromatic N) is 4. The van der Waals surface area contributed by atoms with Gasteiger partial charge in [0.05, 0.1) is 6.20 Å². The maximum atomic E-state index is 13.0. The van der Waals surface area contributed by atoms with E-state index in [2.05, 4.69) is 25.5 Å². The Kier molecular flexibility index (Phi) is 3.87. The average molecular weight is 326 g/mol. The van der Waals surface area contributed by atoms with E-state index in [-0.39, 0.29) is 17.8 Å². The molecule has 0 spiro atoms. The molecule has 0 fully saturated rings. The van der Waals surface area contributed by atoms with Crippen LogP contribution >= 0.6 is 0 Å². The van der Waals surface area contributed by atoms with E-state index in [4.69, 9.17) is 0 Å². The fraction of sp³-hybridized carbons (Fsp3) is 0.500. The summed E-state index contributed by atoms with van der Waals surface area (Å²) < 4.78 is 39.0. The lowest BCUT2D eigenvalue weighted by atomic mass is 9.94. The molecule has 1 aliphatic carbocycles. The van der Waals surface area contributed by atoms with Gasteiger partial charge >= 0.3 is 6.18 Å². The quantitative estimate of drug-likeness (QED) is 0.905. The number of anilines is 2. The summed E-state index contributed by atoms with van der Waals surface area (Å²) in [4.78, 5) is 9.32. The number of aromatic amines is 1. The molecule has 0 aliphatic heterocycles. The highest BCUT2D eigenvalue weighted by atomic mass is 19.4. The van der Waals surface area contributed by atoms with Gasteiger partial charge in [-0.3, -0.25) is 5.10 Å². The Morgan fingerprint density at radius 3 is 2.78 bits per heavy atom. The summed E-state index contributed by atoms with van der Waals surface area (Å²) in [6.07, 6.45) is -0.489. The molecule has 0 aromatic carbocycles. The van der Waals surface area contributed by atoms with Crippen LogP contribution in [0, 0.1) is 0 Å². The molecule has 2 aromatic rings. The molecular weight excluding hydrogens is 309 g/mol. The van der Waals surface area contributed by atoms with Gasteiger partial charge in [0, 0.05) is 31.9 Å². The first-order valence-corrected chi connectivity index (χ1v) is 7.24. The molecule has 1 aliphatic rings. The van der Waals surface area contributed by atoms with Gasteiger partial charge in [-0.1, -0.05) is 0 Å². The summed E-state index contributed by atoms with van der Waals surface area (Å²) in [6, 6.07) is 0.929. The third-order valence-electron chi connectivity index (χ3n) is 3.81. The van der Waals surface area contributed by atoms with E-state index in [9.17, 15) is 13.2 Å². The van der Waals surface area contributed by atoms with Gasteiger partial charge in [0.15, 0.2) is 5.69 Å². The van der Waals surface area contributed by atoms with E-state index in [1.807, 2.05) is 0 Å². The number of aromatic nitrogens is 4. The first-order chi connectivity index (χ1) is 10.8. The first kappa shape index (κ1) is 15.6. The second kappa shape index (κ2) is 5.71. The van der Waals surface area contributed by atoms with E-state index >= 15 is 0 Å². The molecule has 23 heavy (non-hydrogen) atoms. The maximum absolute atomic E-state index is 13.0. The van der Waals surface area contributed by atoms with Gasteiger partial charge in [0.1, 0.15) is 5.82 Å². The summed E-state index contributed by atoms with van der Waals surface area (Å²) in [7, 11) is 3.29. The lowest BCUT2D eigenvalue weighted by Crippen LogP contribution is -2.29. The summed E-state index contributed by atoms with van der Waals surface area (Å²) >= 11 is 0. The SMILES string of the molecule is CN(C)c1cc(C(F)(F)F)nc(NC2CCc3[nH]ncc3C2)n1. The Morgan fingerprint density at radius 1 is 1.30 bits per heavy atom. The molecule has 9 heteroatoms. The van der Waals surface area contributed by atoms with Crippen molar-refractivity contribution in [3.8, 4) is 0 Å². The molecule has 0 saturated heterocycles. The number of hydrogen-bond donors (Lipinski definition) is 2. The van der Waals surface area contributed by atoms with E-state index in [1.165, 1.54) is 4.90 Å². The number of nitrogens with one attached hydrogen (secondary N) is 2. The zero-order valence-electron chi connectivity index (χ0n) is 12.8. The van der Waals surface area contributed by atoms with Gasteiger partial charge in [0.25, 0.3) is 0 Å². The number of fused-ring (bicyclic) bond motifs is 1. The monoisotopic (exact) mass is 326 g/mol. The zero-order valence-corrected chi connectivity index (χ0v) is 12.8. The van der Waals surface area contributed by atoms with Crippen molar-refractivity contribution in [2.24, 2.45) is 0 Å². The summed E-state index contributed by atoms with van der Waals surface area (Å²) in [5.41, 5.74) is 1.22. The van der Waals surface area contributed by atoms with Crippen LogP contribution in [0.4, 0.5) is 24.9 Å². The Labute approximate surface area is 131 Å². The van der Waals surface area contributed by atoms with Crippen LogP contribution < -0.4 is 10.2 Å². The number of H-pyrrole nitrogens is 1. The molecular formula is C14H17F3N6. The molecule has 124 valence electrons. The van der Waals surface area contributed by atoms with Crippen LogP contribution in [0.15, 0.2) is 12.3 Å². The summed E-state index contributed by atoms with van der Waals surface area (Å²) in [5.74, 6) is 0.218. The summed E-state index contributed by atoms with van der Waals surface area (Å²) in [5, 5.41) is 9.95. The molecule has 2 heterocycles. The predicted molar refractivity (Wildman–Crippen MR) is 79.4 cm³/mol. The molecule has 1 unspecified atom stereocenters. The standard InChI is InChI=1S/C14H17F3N6/c1-23(2)12-6-11(14(15,16)17)20-13(21-12)19-9-3-4-10-8(5-9)7-18-22-10/h6-7,9H,3-5H2,1-2H3,(H,18,22)(H,19,20,21). The lowest BCUT2D eigenvalue weighted by molar-refractivity contribution is -0.141. The molecule has 1 atom stereocenters. The third-order valence-corrected chi connectivity index (χ3v) is 3.81. The van der Waals surface area contributed by atoms with Gasteiger partial charge in [-0.05, 0) is 24.8 Å². The minimum absolute atomic E-state index is 0.000435. The summed E-state index contributed by atoms with van der Waals surface area (Å²) in [6.45, 7) is 0. The third kappa shape index (κ3) is 3.38. The Balaban J connectivity index is 1.83. The van der Waals surface area contributed by atoms with Crippen LogP contribution in [-0.4, -0.2) is 40.3 Å². The van der Waals surface area contributed by atoms with E-state index in [1.54, 1.807) is 20.3 Å². The van der Waals surface area contributed by atoms with Gasteiger partial charge in [-0.15, -0.1) is 0 Å². The van der Waals surface area contributed by atoms with Gasteiger partial charge < -0.3 is 10.2 Å². The van der Waals surface area contributed by atoms with Crippen LogP contribution in [0.5, 0.6) is 0 Å². The zero-order chi connectivity index (χ0) is 16.6. The van der Waals surface area contributed by atoms with Crippen LogP contribution in [0.25, 0.3) is 0 Å². The lowest BCUT2D eigenvalue weighted by Gasteiger charge is -2.24. The molecule has 6 nitrogen and oxygen atoms in total. The van der Waals surface area contributed by atoms with Crippen molar-refractivity contribution in [1.82, 2.24) is 20.2 Å². The number of alkyl halides is 3. The van der Waals surface area contributed by atoms with Crippen LogP contribution in [0.2, 0.25) is 0 Å². The van der Waals surface area contributed by atoms with Gasteiger partial charge in [-0.25, -0.2) is 4.98 Å². The normalized spacial score (nSPS) is 17.7. The predicted octanol–water partition coefficient (Wildman–Crippen LogP) is 2.25. The van der Waals surface area contributed by atoms with Crippen molar-refractivity contribution >= 4 is 11.8 Å². The second-order valence-electron chi connectivity index (χ2n) is 5.79.